The van der Waals surface area contributed by atoms with Gasteiger partial charge in [-0.05, 0) is 31.2 Å². The van der Waals surface area contributed by atoms with Crippen LogP contribution in [0.15, 0.2) is 24.4 Å². The Kier molecular flexibility index (Phi) is 4.11. The van der Waals surface area contributed by atoms with Gasteiger partial charge in [-0.2, -0.15) is 0 Å². The number of halogens is 1. The van der Waals surface area contributed by atoms with Crippen molar-refractivity contribution < 1.29 is 19.0 Å². The van der Waals surface area contributed by atoms with Gasteiger partial charge in [0.2, 0.25) is 0 Å². The van der Waals surface area contributed by atoms with Crippen molar-refractivity contribution in [3.05, 3.63) is 47.0 Å². The summed E-state index contributed by atoms with van der Waals surface area (Å²) in [4.78, 5) is 15.3. The van der Waals surface area contributed by atoms with Crippen LogP contribution in [0.3, 0.4) is 0 Å². The average Bonchev–Trinajstić information content (AvgIpc) is 3.11. The maximum Gasteiger partial charge on any atom is 0.256 e. The molecule has 0 bridgehead atoms. The number of anilines is 1. The van der Waals surface area contributed by atoms with Crippen molar-refractivity contribution >= 4 is 23.2 Å². The Morgan fingerprint density at radius 1 is 1.38 bits per heavy atom. The molecular weight excluding hydrogens is 311 g/mol. The van der Waals surface area contributed by atoms with E-state index in [-0.39, 0.29) is 17.0 Å². The molecule has 24 heavy (non-hydrogen) atoms. The first kappa shape index (κ1) is 15.8. The zero-order chi connectivity index (χ0) is 17.3. The van der Waals surface area contributed by atoms with Crippen LogP contribution in [0.2, 0.25) is 0 Å². The third kappa shape index (κ3) is 2.77. The van der Waals surface area contributed by atoms with Crippen LogP contribution in [0.5, 0.6) is 5.75 Å². The molecule has 0 spiro atoms. The summed E-state index contributed by atoms with van der Waals surface area (Å²) in [5, 5.41) is 12.0. The van der Waals surface area contributed by atoms with Gasteiger partial charge in [0, 0.05) is 11.8 Å². The minimum atomic E-state index is -0.902. The zero-order valence-electron chi connectivity index (χ0n) is 13.1. The highest BCUT2D eigenvalue weighted by molar-refractivity contribution is 6.35. The summed E-state index contributed by atoms with van der Waals surface area (Å²) in [6, 6.07) is 4.45. The van der Waals surface area contributed by atoms with E-state index < -0.39 is 11.9 Å². The number of aromatic nitrogens is 1. The van der Waals surface area contributed by atoms with E-state index in [1.54, 1.807) is 18.3 Å². The standard InChI is InChI=1S/C18H15FN2O3/c1-10(22)3-4-11-13(19)5-6-14-17(11)12(18(23)21-14)9-15-16(24-2)7-8-20-15/h5-10,20,22H,1-2H3,(H,21,23)/b12-9-/t10-/m1/s1. The van der Waals surface area contributed by atoms with E-state index in [0.29, 0.717) is 22.7 Å². The lowest BCUT2D eigenvalue weighted by Crippen LogP contribution is -2.03. The number of carbonyl (C=O) groups excluding carboxylic acids is 1. The van der Waals surface area contributed by atoms with Gasteiger partial charge in [0.05, 0.1) is 29.6 Å². The largest absolute Gasteiger partial charge is 0.495 e. The molecule has 1 aliphatic heterocycles. The molecule has 6 heteroatoms. The Hall–Kier alpha value is -3.04. The van der Waals surface area contributed by atoms with Crippen LogP contribution in [-0.2, 0) is 4.79 Å². The summed E-state index contributed by atoms with van der Waals surface area (Å²) in [5.74, 6) is 4.80. The topological polar surface area (TPSA) is 74.4 Å². The second-order valence-electron chi connectivity index (χ2n) is 5.26. The van der Waals surface area contributed by atoms with Crippen LogP contribution < -0.4 is 10.1 Å². The van der Waals surface area contributed by atoms with Crippen LogP contribution >= 0.6 is 0 Å². The van der Waals surface area contributed by atoms with E-state index in [4.69, 9.17) is 4.74 Å². The molecule has 122 valence electrons. The quantitative estimate of drug-likeness (QED) is 0.586. The van der Waals surface area contributed by atoms with E-state index >= 15 is 0 Å². The number of aromatic amines is 1. The number of amides is 1. The molecule has 1 aliphatic rings. The third-order valence-electron chi connectivity index (χ3n) is 3.57. The first-order valence-electron chi connectivity index (χ1n) is 7.28. The van der Waals surface area contributed by atoms with Crippen molar-refractivity contribution in [2.45, 2.75) is 13.0 Å². The number of hydrogen-bond donors (Lipinski definition) is 3. The number of H-pyrrole nitrogens is 1. The molecule has 5 nitrogen and oxygen atoms in total. The normalized spacial score (nSPS) is 15.5. The van der Waals surface area contributed by atoms with Gasteiger partial charge in [-0.3, -0.25) is 4.79 Å². The summed E-state index contributed by atoms with van der Waals surface area (Å²) in [7, 11) is 1.52. The second kappa shape index (κ2) is 6.22. The third-order valence-corrected chi connectivity index (χ3v) is 3.57. The SMILES string of the molecule is COc1cc[nH]c1/C=C1\C(=O)Nc2ccc(F)c(C#C[C@@H](C)O)c21. The molecule has 1 aromatic heterocycles. The lowest BCUT2D eigenvalue weighted by Gasteiger charge is -2.05. The summed E-state index contributed by atoms with van der Waals surface area (Å²) in [5.41, 5.74) is 1.80. The van der Waals surface area contributed by atoms with Crippen LogP contribution in [0.1, 0.15) is 23.7 Å². The van der Waals surface area contributed by atoms with E-state index in [1.807, 2.05) is 0 Å². The van der Waals surface area contributed by atoms with E-state index in [0.717, 1.165) is 0 Å². The molecule has 0 saturated carbocycles. The lowest BCUT2D eigenvalue weighted by molar-refractivity contribution is -0.110. The van der Waals surface area contributed by atoms with Crippen LogP contribution in [-0.4, -0.2) is 29.2 Å². The molecule has 2 heterocycles. The van der Waals surface area contributed by atoms with Crippen molar-refractivity contribution in [1.82, 2.24) is 4.98 Å². The predicted molar refractivity (Wildman–Crippen MR) is 88.8 cm³/mol. The van der Waals surface area contributed by atoms with Crippen LogP contribution in [0.4, 0.5) is 10.1 Å². The molecule has 0 fully saturated rings. The number of methoxy groups -OCH3 is 1. The van der Waals surface area contributed by atoms with Gasteiger partial charge in [-0.15, -0.1) is 0 Å². The number of fused-ring (bicyclic) bond motifs is 1. The highest BCUT2D eigenvalue weighted by Gasteiger charge is 2.28. The lowest BCUT2D eigenvalue weighted by atomic mass is 9.99. The minimum Gasteiger partial charge on any atom is -0.495 e. The molecule has 1 aromatic carbocycles. The molecule has 0 radical (unpaired) electrons. The van der Waals surface area contributed by atoms with Gasteiger partial charge in [0.1, 0.15) is 17.7 Å². The Balaban J connectivity index is 2.19. The van der Waals surface area contributed by atoms with Gasteiger partial charge in [-0.1, -0.05) is 11.8 Å². The van der Waals surface area contributed by atoms with Crippen molar-refractivity contribution in [3.8, 4) is 17.6 Å². The maximum atomic E-state index is 14.2. The van der Waals surface area contributed by atoms with Crippen molar-refractivity contribution in [2.75, 3.05) is 12.4 Å². The molecule has 2 aromatic rings. The number of rotatable bonds is 2. The molecule has 3 rings (SSSR count). The maximum absolute atomic E-state index is 14.2. The highest BCUT2D eigenvalue weighted by Crippen LogP contribution is 2.37. The number of aliphatic hydroxyl groups excluding tert-OH is 1. The molecular formula is C18H15FN2O3. The summed E-state index contributed by atoms with van der Waals surface area (Å²) in [6.07, 6.45) is 2.37. The number of carbonyl (C=O) groups is 1. The molecule has 0 saturated heterocycles. The van der Waals surface area contributed by atoms with Crippen LogP contribution in [0, 0.1) is 17.7 Å². The fourth-order valence-electron chi connectivity index (χ4n) is 2.50. The first-order chi connectivity index (χ1) is 11.5. The van der Waals surface area contributed by atoms with Crippen molar-refractivity contribution in [2.24, 2.45) is 0 Å². The molecule has 3 N–H and O–H groups in total. The average molecular weight is 326 g/mol. The van der Waals surface area contributed by atoms with Gasteiger partial charge in [0.15, 0.2) is 0 Å². The predicted octanol–water partition coefficient (Wildman–Crippen LogP) is 2.39. The van der Waals surface area contributed by atoms with E-state index in [1.165, 1.54) is 26.2 Å². The van der Waals surface area contributed by atoms with E-state index in [2.05, 4.69) is 22.1 Å². The summed E-state index contributed by atoms with van der Waals surface area (Å²) in [6.45, 7) is 1.48. The van der Waals surface area contributed by atoms with Gasteiger partial charge >= 0.3 is 0 Å². The molecule has 0 unspecified atom stereocenters. The Bertz CT molecular complexity index is 901. The van der Waals surface area contributed by atoms with Crippen LogP contribution in [0.25, 0.3) is 11.6 Å². The number of ether oxygens (including phenoxy) is 1. The number of aliphatic hydroxyl groups is 1. The second-order valence-corrected chi connectivity index (χ2v) is 5.26. The molecule has 1 amide bonds. The van der Waals surface area contributed by atoms with Crippen molar-refractivity contribution in [3.63, 3.8) is 0 Å². The Morgan fingerprint density at radius 2 is 2.17 bits per heavy atom. The van der Waals surface area contributed by atoms with Gasteiger partial charge in [0.25, 0.3) is 5.91 Å². The van der Waals surface area contributed by atoms with E-state index in [9.17, 15) is 14.3 Å². The number of nitrogens with one attached hydrogen (secondary N) is 2. The van der Waals surface area contributed by atoms with Crippen molar-refractivity contribution in [1.29, 1.82) is 0 Å². The Labute approximate surface area is 138 Å². The van der Waals surface area contributed by atoms with Gasteiger partial charge in [-0.25, -0.2) is 4.39 Å². The number of benzene rings is 1. The number of hydrogen-bond acceptors (Lipinski definition) is 3. The summed E-state index contributed by atoms with van der Waals surface area (Å²) < 4.78 is 19.4. The first-order valence-corrected chi connectivity index (χ1v) is 7.28. The monoisotopic (exact) mass is 326 g/mol. The zero-order valence-corrected chi connectivity index (χ0v) is 13.1. The molecule has 1 atom stereocenters. The fourth-order valence-corrected chi connectivity index (χ4v) is 2.50. The fraction of sp³-hybridized carbons (Fsp3) is 0.167. The Morgan fingerprint density at radius 3 is 2.88 bits per heavy atom. The highest BCUT2D eigenvalue weighted by atomic mass is 19.1. The molecule has 0 aliphatic carbocycles. The smallest absolute Gasteiger partial charge is 0.256 e. The minimum absolute atomic E-state index is 0.0727. The van der Waals surface area contributed by atoms with Gasteiger partial charge < -0.3 is 20.1 Å². The summed E-state index contributed by atoms with van der Waals surface area (Å²) >= 11 is 0.